The lowest BCUT2D eigenvalue weighted by atomic mass is 9.55. The van der Waals surface area contributed by atoms with Crippen LogP contribution in [0.2, 0.25) is 5.28 Å². The van der Waals surface area contributed by atoms with Gasteiger partial charge in [0.2, 0.25) is 11.2 Å². The largest absolute Gasteiger partial charge is 0.426 e. The Balaban J connectivity index is 1.39. The maximum absolute atomic E-state index is 13.9. The summed E-state index contributed by atoms with van der Waals surface area (Å²) >= 11 is 6.37. The topological polar surface area (TPSA) is 146 Å². The van der Waals surface area contributed by atoms with Crippen LogP contribution in [0.25, 0.3) is 11.2 Å². The molecule has 2 atom stereocenters. The highest BCUT2D eigenvalue weighted by atomic mass is 35.5. The number of anilines is 1. The third-order valence-electron chi connectivity index (χ3n) is 10.7. The van der Waals surface area contributed by atoms with Crippen molar-refractivity contribution in [2.45, 2.75) is 110 Å². The number of aliphatic hydroxyl groups is 1. The minimum absolute atomic E-state index is 0.0542. The van der Waals surface area contributed by atoms with E-state index in [2.05, 4.69) is 26.2 Å². The molecule has 2 aliphatic rings. The van der Waals surface area contributed by atoms with Crippen molar-refractivity contribution in [1.29, 1.82) is 0 Å². The van der Waals surface area contributed by atoms with E-state index in [0.29, 0.717) is 22.3 Å². The number of esters is 1. The summed E-state index contributed by atoms with van der Waals surface area (Å²) in [5.74, 6) is 1.73. The third-order valence-corrected chi connectivity index (χ3v) is 10.9. The molecular formula is C38H48ClN5O6. The zero-order valence-corrected chi connectivity index (χ0v) is 30.7. The number of amides is 1. The number of rotatable bonds is 13. The number of halogens is 1. The van der Waals surface area contributed by atoms with E-state index in [-0.39, 0.29) is 48.1 Å². The predicted octanol–water partition coefficient (Wildman–Crippen LogP) is 6.27. The van der Waals surface area contributed by atoms with Crippen LogP contribution < -0.4 is 10.1 Å². The number of carbonyl (C=O) groups is 3. The van der Waals surface area contributed by atoms with Crippen LogP contribution in [0.3, 0.4) is 0 Å². The van der Waals surface area contributed by atoms with Crippen molar-refractivity contribution in [2.75, 3.05) is 19.0 Å². The number of nitrogens with one attached hydrogen (secondary N) is 1. The van der Waals surface area contributed by atoms with E-state index in [4.69, 9.17) is 27.5 Å². The number of Topliss-reactive ketones (excluding diaryl/α,β-unsaturated/α-hetero) is 1. The molecule has 0 bridgehead atoms. The summed E-state index contributed by atoms with van der Waals surface area (Å²) < 4.78 is 13.0. The van der Waals surface area contributed by atoms with Crippen molar-refractivity contribution < 1.29 is 29.0 Å². The number of terminal acetylenes is 1. The predicted molar refractivity (Wildman–Crippen MR) is 191 cm³/mol. The molecule has 11 nitrogen and oxygen atoms in total. The number of nitrogens with zero attached hydrogens (tertiary/aromatic N) is 4. The molecule has 1 unspecified atom stereocenters. The molecule has 2 fully saturated rings. The molecule has 1 spiro atoms. The highest BCUT2D eigenvalue weighted by molar-refractivity contribution is 6.28. The van der Waals surface area contributed by atoms with Gasteiger partial charge < -0.3 is 24.5 Å². The van der Waals surface area contributed by atoms with Crippen molar-refractivity contribution in [1.82, 2.24) is 19.5 Å². The third kappa shape index (κ3) is 7.73. The lowest BCUT2D eigenvalue weighted by Crippen LogP contribution is -2.45. The summed E-state index contributed by atoms with van der Waals surface area (Å²) in [6.45, 7) is 8.60. The smallest absolute Gasteiger partial charge is 0.308 e. The fraction of sp³-hybridized carbons (Fsp3) is 0.579. The van der Waals surface area contributed by atoms with Crippen LogP contribution in [0.15, 0.2) is 18.5 Å². The van der Waals surface area contributed by atoms with E-state index in [1.54, 1.807) is 10.6 Å². The molecule has 12 heteroatoms. The molecule has 2 aromatic heterocycles. The number of hydrogen-bond donors (Lipinski definition) is 2. The normalized spacial score (nSPS) is 17.8. The van der Waals surface area contributed by atoms with E-state index in [9.17, 15) is 19.5 Å². The van der Waals surface area contributed by atoms with Gasteiger partial charge >= 0.3 is 5.97 Å². The Morgan fingerprint density at radius 3 is 2.50 bits per heavy atom. The second kappa shape index (κ2) is 14.8. The molecule has 1 aromatic carbocycles. The van der Waals surface area contributed by atoms with Crippen LogP contribution in [-0.2, 0) is 31.1 Å². The van der Waals surface area contributed by atoms with Gasteiger partial charge in [0.1, 0.15) is 11.5 Å². The van der Waals surface area contributed by atoms with E-state index < -0.39 is 29.5 Å². The Bertz CT molecular complexity index is 1810. The van der Waals surface area contributed by atoms with Gasteiger partial charge in [0, 0.05) is 56.2 Å². The molecule has 0 saturated heterocycles. The molecule has 3 aromatic rings. The minimum atomic E-state index is -1.51. The Morgan fingerprint density at radius 2 is 1.88 bits per heavy atom. The maximum Gasteiger partial charge on any atom is 0.308 e. The Labute approximate surface area is 298 Å². The second-order valence-electron chi connectivity index (χ2n) is 15.0. The molecule has 2 saturated carbocycles. The number of aliphatic hydroxyl groups excluding tert-OH is 1. The van der Waals surface area contributed by atoms with Gasteiger partial charge in [-0.25, -0.2) is 4.98 Å². The lowest BCUT2D eigenvalue weighted by Gasteiger charge is -2.49. The van der Waals surface area contributed by atoms with Crippen molar-refractivity contribution in [3.63, 3.8) is 0 Å². The van der Waals surface area contributed by atoms with Gasteiger partial charge in [-0.15, -0.1) is 6.42 Å². The zero-order valence-electron chi connectivity index (χ0n) is 29.9. The standard InChI is InChI=1S/C38H48ClN5O6/c1-8-38(21-45,49-7)27(16-28(47)19-36(5,6)30-24(3)14-23(2)15-29(30)50-25(4)46)20-44-22-40-31-32(42-35(39)43-33(31)44)41-34(48)26-17-37(18-26)12-10-9-11-13-37/h1,14-15,22,26-27,45H,9-13,16-21H2,2-7H3,(H,41,42,43,48)/t27-,38?/m0/s1. The molecule has 50 heavy (non-hydrogen) atoms. The molecule has 268 valence electrons. The van der Waals surface area contributed by atoms with Gasteiger partial charge in [-0.05, 0) is 73.7 Å². The number of aromatic nitrogens is 4. The molecule has 1 amide bonds. The summed E-state index contributed by atoms with van der Waals surface area (Å²) in [6, 6.07) is 3.79. The van der Waals surface area contributed by atoms with Crippen LogP contribution in [0.5, 0.6) is 5.75 Å². The van der Waals surface area contributed by atoms with E-state index in [1.807, 2.05) is 33.8 Å². The molecule has 2 N–H and O–H groups in total. The van der Waals surface area contributed by atoms with Gasteiger partial charge in [-0.2, -0.15) is 9.97 Å². The first kappa shape index (κ1) is 37.4. The van der Waals surface area contributed by atoms with Crippen molar-refractivity contribution in [2.24, 2.45) is 17.3 Å². The first-order chi connectivity index (χ1) is 23.6. The number of hydrogen-bond acceptors (Lipinski definition) is 9. The number of methoxy groups -OCH3 is 1. The molecule has 0 aliphatic heterocycles. The number of fused-ring (bicyclic) bond motifs is 1. The summed E-state index contributed by atoms with van der Waals surface area (Å²) in [4.78, 5) is 52.4. The van der Waals surface area contributed by atoms with E-state index in [1.165, 1.54) is 52.5 Å². The quantitative estimate of drug-likeness (QED) is 0.0909. The van der Waals surface area contributed by atoms with Crippen LogP contribution in [0, 0.1) is 43.4 Å². The molecule has 2 heterocycles. The highest BCUT2D eigenvalue weighted by Crippen LogP contribution is 2.55. The van der Waals surface area contributed by atoms with Crippen molar-refractivity contribution in [3.05, 3.63) is 40.4 Å². The number of imidazole rings is 1. The number of aryl methyl sites for hydroxylation is 2. The second-order valence-corrected chi connectivity index (χ2v) is 15.3. The van der Waals surface area contributed by atoms with E-state index in [0.717, 1.165) is 29.5 Å². The summed E-state index contributed by atoms with van der Waals surface area (Å²) in [6.07, 6.45) is 15.4. The number of carbonyl (C=O) groups excluding carboxylic acids is 3. The zero-order chi connectivity index (χ0) is 36.4. The SMILES string of the molecule is C#CC(CO)(OC)[C@@H](CC(=O)CC(C)(C)c1c(C)cc(C)cc1OC(C)=O)Cn1cnc2c(NC(=O)C3CC4(CCCCC4)C3)nc(Cl)nc21. The Hall–Kier alpha value is -3.85. The summed E-state index contributed by atoms with van der Waals surface area (Å²) in [5.41, 5.74) is 1.35. The Morgan fingerprint density at radius 1 is 1.18 bits per heavy atom. The van der Waals surface area contributed by atoms with Crippen LogP contribution in [-0.4, -0.2) is 61.6 Å². The fourth-order valence-electron chi connectivity index (χ4n) is 8.39. The fourth-order valence-corrected chi connectivity index (χ4v) is 8.56. The first-order valence-corrected chi connectivity index (χ1v) is 17.7. The first-order valence-electron chi connectivity index (χ1n) is 17.3. The van der Waals surface area contributed by atoms with Crippen LogP contribution in [0.4, 0.5) is 5.82 Å². The maximum atomic E-state index is 13.9. The van der Waals surface area contributed by atoms with Crippen molar-refractivity contribution in [3.8, 4) is 18.1 Å². The monoisotopic (exact) mass is 705 g/mol. The highest BCUT2D eigenvalue weighted by Gasteiger charge is 2.47. The summed E-state index contributed by atoms with van der Waals surface area (Å²) in [5, 5.41) is 13.4. The molecular weight excluding hydrogens is 658 g/mol. The number of ether oxygens (including phenoxy) is 2. The summed E-state index contributed by atoms with van der Waals surface area (Å²) in [7, 11) is 1.40. The number of ketones is 1. The Kier molecular flexibility index (Phi) is 11.1. The van der Waals surface area contributed by atoms with Gasteiger partial charge in [0.25, 0.3) is 0 Å². The molecule has 2 aliphatic carbocycles. The molecule has 5 rings (SSSR count). The number of benzene rings is 1. The van der Waals surface area contributed by atoms with Gasteiger partial charge in [0.15, 0.2) is 22.6 Å². The molecule has 0 radical (unpaired) electrons. The average Bonchev–Trinajstić information content (AvgIpc) is 3.42. The van der Waals surface area contributed by atoms with Crippen LogP contribution in [0.1, 0.15) is 95.2 Å². The average molecular weight is 706 g/mol. The van der Waals surface area contributed by atoms with Gasteiger partial charge in [-0.1, -0.05) is 45.1 Å². The van der Waals surface area contributed by atoms with Crippen LogP contribution >= 0.6 is 11.6 Å². The van der Waals surface area contributed by atoms with E-state index >= 15 is 0 Å². The lowest BCUT2D eigenvalue weighted by molar-refractivity contribution is -0.132. The minimum Gasteiger partial charge on any atom is -0.426 e. The van der Waals surface area contributed by atoms with Gasteiger partial charge in [0.05, 0.1) is 12.9 Å². The van der Waals surface area contributed by atoms with Gasteiger partial charge in [-0.3, -0.25) is 14.4 Å². The van der Waals surface area contributed by atoms with Crippen molar-refractivity contribution >= 4 is 46.2 Å².